The number of amides is 3. The van der Waals surface area contributed by atoms with Crippen LogP contribution < -0.4 is 11.1 Å². The highest BCUT2D eigenvalue weighted by molar-refractivity contribution is 5.80. The Morgan fingerprint density at radius 2 is 1.73 bits per heavy atom. The van der Waals surface area contributed by atoms with Gasteiger partial charge in [0.05, 0.1) is 29.8 Å². The van der Waals surface area contributed by atoms with Crippen LogP contribution in [0.15, 0.2) is 49.2 Å². The van der Waals surface area contributed by atoms with Gasteiger partial charge in [0.25, 0.3) is 0 Å². The van der Waals surface area contributed by atoms with Gasteiger partial charge in [0.2, 0.25) is 5.91 Å². The average Bonchev–Trinajstić information content (AvgIpc) is 3.29. The molecule has 2 aromatic carbocycles. The van der Waals surface area contributed by atoms with E-state index in [1.165, 1.54) is 23.1 Å². The van der Waals surface area contributed by atoms with Crippen LogP contribution in [0.4, 0.5) is 35.5 Å². The van der Waals surface area contributed by atoms with E-state index in [1.54, 1.807) is 6.92 Å². The first kappa shape index (κ1) is 30.4. The number of piperidine rings is 1. The molecule has 6 nitrogen and oxygen atoms in total. The minimum absolute atomic E-state index is 0.0228. The van der Waals surface area contributed by atoms with E-state index in [9.17, 15) is 40.3 Å². The first-order valence-corrected chi connectivity index (χ1v) is 12.8. The van der Waals surface area contributed by atoms with E-state index >= 15 is 0 Å². The maximum Gasteiger partial charge on any atom is 0.416 e. The third-order valence-electron chi connectivity index (χ3n) is 7.83. The molecule has 2 aromatic rings. The standard InChI is InChI=1S/C28H29F7N4O2/c1-3-38(15-17-11-18(27(30,31)32)13-19(12-17)28(33,34)35)25(41)39-9-8-26(7-6-22(37-26)24(36)40)14-23(39)21-5-4-20(29)10-16(21)2/h3-5,10-13,22-23,37H,1,6-9,14-15H2,2H3,(H2,36,40)/t22-,23+,26-/m0/s1. The van der Waals surface area contributed by atoms with Gasteiger partial charge in [-0.25, -0.2) is 9.18 Å². The van der Waals surface area contributed by atoms with Gasteiger partial charge in [-0.1, -0.05) is 12.6 Å². The molecule has 222 valence electrons. The number of aryl methyl sites for hydroxylation is 1. The van der Waals surface area contributed by atoms with Gasteiger partial charge in [0.1, 0.15) is 5.82 Å². The molecule has 3 atom stereocenters. The predicted octanol–water partition coefficient (Wildman–Crippen LogP) is 6.05. The number of urea groups is 1. The number of benzene rings is 2. The number of carbonyl (C=O) groups is 2. The zero-order chi connectivity index (χ0) is 30.3. The van der Waals surface area contributed by atoms with Crippen LogP contribution in [0.25, 0.3) is 0 Å². The molecule has 2 aliphatic rings. The molecule has 0 saturated carbocycles. The first-order chi connectivity index (χ1) is 19.0. The number of nitrogens with zero attached hydrogens (tertiary/aromatic N) is 2. The van der Waals surface area contributed by atoms with Crippen molar-refractivity contribution >= 4 is 11.9 Å². The maximum atomic E-state index is 13.9. The molecule has 0 bridgehead atoms. The summed E-state index contributed by atoms with van der Waals surface area (Å²) in [4.78, 5) is 28.0. The molecule has 0 unspecified atom stereocenters. The van der Waals surface area contributed by atoms with Crippen molar-refractivity contribution in [2.75, 3.05) is 6.54 Å². The van der Waals surface area contributed by atoms with Crippen LogP contribution in [-0.2, 0) is 23.7 Å². The van der Waals surface area contributed by atoms with Gasteiger partial charge in [-0.15, -0.1) is 0 Å². The smallest absolute Gasteiger partial charge is 0.368 e. The van der Waals surface area contributed by atoms with E-state index in [2.05, 4.69) is 11.9 Å². The summed E-state index contributed by atoms with van der Waals surface area (Å²) in [5, 5.41) is 3.29. The Bertz CT molecular complexity index is 1310. The third kappa shape index (κ3) is 6.50. The summed E-state index contributed by atoms with van der Waals surface area (Å²) >= 11 is 0. The molecule has 4 rings (SSSR count). The van der Waals surface area contributed by atoms with Crippen LogP contribution in [0.1, 0.15) is 59.5 Å². The van der Waals surface area contributed by atoms with Gasteiger partial charge >= 0.3 is 18.4 Å². The number of hydrogen-bond donors (Lipinski definition) is 2. The fourth-order valence-electron chi connectivity index (χ4n) is 5.78. The second-order valence-electron chi connectivity index (χ2n) is 10.6. The SMILES string of the molecule is C=CN(Cc1cc(C(F)(F)F)cc(C(F)(F)F)c1)C(=O)N1CC[C@@]2(CC[C@@H](C(N)=O)N2)C[C@@H]1c1ccc(F)cc1C. The monoisotopic (exact) mass is 586 g/mol. The van der Waals surface area contributed by atoms with E-state index in [-0.39, 0.29) is 18.2 Å². The van der Waals surface area contributed by atoms with Gasteiger partial charge < -0.3 is 16.0 Å². The molecule has 0 aromatic heterocycles. The fourth-order valence-corrected chi connectivity index (χ4v) is 5.78. The lowest BCUT2D eigenvalue weighted by atomic mass is 9.79. The van der Waals surface area contributed by atoms with E-state index in [0.717, 1.165) is 11.1 Å². The number of alkyl halides is 6. The highest BCUT2D eigenvalue weighted by Gasteiger charge is 2.48. The van der Waals surface area contributed by atoms with Gasteiger partial charge in [-0.3, -0.25) is 9.69 Å². The van der Waals surface area contributed by atoms with Gasteiger partial charge in [0, 0.05) is 18.3 Å². The quantitative estimate of drug-likeness (QED) is 0.419. The maximum absolute atomic E-state index is 13.9. The van der Waals surface area contributed by atoms with Crippen molar-refractivity contribution in [2.45, 2.75) is 69.1 Å². The van der Waals surface area contributed by atoms with Crippen molar-refractivity contribution in [3.63, 3.8) is 0 Å². The number of likely N-dealkylation sites (tertiary alicyclic amines) is 1. The molecule has 3 amide bonds. The number of halogens is 7. The summed E-state index contributed by atoms with van der Waals surface area (Å²) in [6.07, 6.45) is -7.21. The Morgan fingerprint density at radius 1 is 1.10 bits per heavy atom. The molecule has 0 aliphatic carbocycles. The lowest BCUT2D eigenvalue weighted by Crippen LogP contribution is -2.56. The molecular formula is C28H29F7N4O2. The molecule has 2 heterocycles. The summed E-state index contributed by atoms with van der Waals surface area (Å²) in [6, 6.07) is 3.35. The van der Waals surface area contributed by atoms with Crippen molar-refractivity contribution in [3.8, 4) is 0 Å². The van der Waals surface area contributed by atoms with Crippen molar-refractivity contribution in [3.05, 3.63) is 82.8 Å². The van der Waals surface area contributed by atoms with E-state index in [0.29, 0.717) is 48.9 Å². The molecular weight excluding hydrogens is 557 g/mol. The number of nitrogens with two attached hydrogens (primary N) is 1. The minimum Gasteiger partial charge on any atom is -0.368 e. The van der Waals surface area contributed by atoms with Gasteiger partial charge in [-0.05, 0) is 79.6 Å². The Labute approximate surface area is 232 Å². The number of primary amides is 1. The summed E-state index contributed by atoms with van der Waals surface area (Å²) in [5.74, 6) is -0.993. The molecule has 3 N–H and O–H groups in total. The van der Waals surface area contributed by atoms with Crippen molar-refractivity contribution in [1.82, 2.24) is 15.1 Å². The molecule has 2 saturated heterocycles. The Morgan fingerprint density at radius 3 is 2.24 bits per heavy atom. The van der Waals surface area contributed by atoms with Crippen molar-refractivity contribution in [1.29, 1.82) is 0 Å². The molecule has 41 heavy (non-hydrogen) atoms. The normalized spacial score (nSPS) is 23.1. The lowest BCUT2D eigenvalue weighted by molar-refractivity contribution is -0.143. The predicted molar refractivity (Wildman–Crippen MR) is 135 cm³/mol. The van der Waals surface area contributed by atoms with Crippen molar-refractivity contribution < 1.29 is 40.3 Å². The fraction of sp³-hybridized carbons (Fsp3) is 0.429. The number of rotatable bonds is 5. The average molecular weight is 587 g/mol. The molecule has 2 aliphatic heterocycles. The Kier molecular flexibility index (Phi) is 8.14. The number of hydrogen-bond acceptors (Lipinski definition) is 3. The molecule has 1 spiro atoms. The summed E-state index contributed by atoms with van der Waals surface area (Å²) in [6.45, 7) is 4.77. The van der Waals surface area contributed by atoms with Crippen LogP contribution >= 0.6 is 0 Å². The second kappa shape index (κ2) is 11.0. The summed E-state index contributed by atoms with van der Waals surface area (Å²) in [7, 11) is 0. The van der Waals surface area contributed by atoms with E-state index in [4.69, 9.17) is 5.73 Å². The van der Waals surface area contributed by atoms with E-state index < -0.39 is 65.4 Å². The molecule has 2 fully saturated rings. The molecule has 13 heteroatoms. The molecule has 0 radical (unpaired) electrons. The first-order valence-electron chi connectivity index (χ1n) is 12.8. The zero-order valence-electron chi connectivity index (χ0n) is 22.1. The van der Waals surface area contributed by atoms with Crippen LogP contribution in [0, 0.1) is 12.7 Å². The van der Waals surface area contributed by atoms with E-state index in [1.807, 2.05) is 0 Å². The largest absolute Gasteiger partial charge is 0.416 e. The Hall–Kier alpha value is -3.61. The third-order valence-corrected chi connectivity index (χ3v) is 7.83. The zero-order valence-corrected chi connectivity index (χ0v) is 22.1. The van der Waals surface area contributed by atoms with Crippen LogP contribution in [0.5, 0.6) is 0 Å². The van der Waals surface area contributed by atoms with Crippen molar-refractivity contribution in [2.24, 2.45) is 5.73 Å². The second-order valence-corrected chi connectivity index (χ2v) is 10.6. The highest BCUT2D eigenvalue weighted by Crippen LogP contribution is 2.44. The topological polar surface area (TPSA) is 78.7 Å². The Balaban J connectivity index is 1.67. The summed E-state index contributed by atoms with van der Waals surface area (Å²) in [5.41, 5.74) is 2.74. The van der Waals surface area contributed by atoms with Gasteiger partial charge in [-0.2, -0.15) is 26.3 Å². The lowest BCUT2D eigenvalue weighted by Gasteiger charge is -2.47. The number of carbonyl (C=O) groups excluding carboxylic acids is 2. The minimum atomic E-state index is -5.04. The van der Waals surface area contributed by atoms with Crippen LogP contribution in [0.2, 0.25) is 0 Å². The van der Waals surface area contributed by atoms with Gasteiger partial charge in [0.15, 0.2) is 0 Å². The van der Waals surface area contributed by atoms with Crippen LogP contribution in [0.3, 0.4) is 0 Å². The highest BCUT2D eigenvalue weighted by atomic mass is 19.4. The van der Waals surface area contributed by atoms with Crippen LogP contribution in [-0.4, -0.2) is 39.9 Å². The number of nitrogens with one attached hydrogen (secondary N) is 1. The summed E-state index contributed by atoms with van der Waals surface area (Å²) < 4.78 is 94.3.